The highest BCUT2D eigenvalue weighted by Gasteiger charge is 2.37. The van der Waals surface area contributed by atoms with Gasteiger partial charge in [0.1, 0.15) is 28.8 Å². The number of amides is 1. The molecular formula is C48H37BrCl2N4O6. The number of hydrogen-bond donors (Lipinski definition) is 2. The van der Waals surface area contributed by atoms with Gasteiger partial charge in [-0.25, -0.2) is 9.78 Å². The van der Waals surface area contributed by atoms with E-state index in [2.05, 4.69) is 32.3 Å². The number of nitriles is 1. The number of carbonyl (C=O) groups is 3. The van der Waals surface area contributed by atoms with Crippen LogP contribution in [0.3, 0.4) is 0 Å². The molecule has 2 N–H and O–H groups in total. The minimum absolute atomic E-state index is 0.0772. The number of nitrogens with one attached hydrogen (secondary N) is 1. The smallest absolute Gasteiger partial charge is 0.326 e. The van der Waals surface area contributed by atoms with E-state index in [9.17, 15) is 19.5 Å². The minimum atomic E-state index is -1.19. The van der Waals surface area contributed by atoms with Gasteiger partial charge in [-0.05, 0) is 110 Å². The van der Waals surface area contributed by atoms with E-state index < -0.39 is 30.1 Å². The Bertz CT molecular complexity index is 2670. The maximum Gasteiger partial charge on any atom is 0.326 e. The SMILES string of the molecule is N#Cc1ccc(-c2ccc(C[C@H](NC(=O)[C@@H]3Cc4cc5c(cc4CN3Cc3cccc(Br)n3)OC(c3ccc(OCc4ccc(Cl)c(Cl)c4)cc3)C(=O)C5)C(=O)O)cc2)cc1. The number of nitrogens with zero attached hydrogens (tertiary/aromatic N) is 3. The molecule has 0 saturated heterocycles. The van der Waals surface area contributed by atoms with Crippen molar-refractivity contribution in [2.45, 2.75) is 57.1 Å². The summed E-state index contributed by atoms with van der Waals surface area (Å²) in [6.45, 7) is 0.975. The van der Waals surface area contributed by atoms with Crippen LogP contribution in [-0.2, 0) is 53.3 Å². The minimum Gasteiger partial charge on any atom is -0.489 e. The Morgan fingerprint density at radius 3 is 2.31 bits per heavy atom. The van der Waals surface area contributed by atoms with Crippen molar-refractivity contribution in [1.82, 2.24) is 15.2 Å². The number of aliphatic carboxylic acids is 1. The fourth-order valence-corrected chi connectivity index (χ4v) is 8.38. The van der Waals surface area contributed by atoms with E-state index in [0.717, 1.165) is 44.6 Å². The zero-order valence-corrected chi connectivity index (χ0v) is 35.6. The Hall–Kier alpha value is -6.03. The third-order valence-corrected chi connectivity index (χ3v) is 12.1. The van der Waals surface area contributed by atoms with Gasteiger partial charge in [0.25, 0.3) is 0 Å². The highest BCUT2D eigenvalue weighted by Crippen LogP contribution is 2.38. The van der Waals surface area contributed by atoms with E-state index in [-0.39, 0.29) is 25.0 Å². The van der Waals surface area contributed by atoms with Crippen LogP contribution in [0, 0.1) is 11.3 Å². The number of pyridine rings is 1. The number of Topliss-reactive ketones (excluding diaryl/α,β-unsaturated/α-hetero) is 1. The molecule has 1 amide bonds. The lowest BCUT2D eigenvalue weighted by Crippen LogP contribution is -2.54. The highest BCUT2D eigenvalue weighted by molar-refractivity contribution is 9.10. The fourth-order valence-electron chi connectivity index (χ4n) is 7.68. The molecule has 3 heterocycles. The first-order valence-electron chi connectivity index (χ1n) is 19.5. The lowest BCUT2D eigenvalue weighted by Gasteiger charge is -2.37. The third-order valence-electron chi connectivity index (χ3n) is 10.9. The van der Waals surface area contributed by atoms with Crippen LogP contribution in [0.5, 0.6) is 11.5 Å². The number of carboxylic acids is 1. The molecule has 0 radical (unpaired) electrons. The molecule has 306 valence electrons. The molecule has 0 bridgehead atoms. The van der Waals surface area contributed by atoms with Crippen molar-refractivity contribution in [3.05, 3.63) is 181 Å². The van der Waals surface area contributed by atoms with Gasteiger partial charge in [0.15, 0.2) is 11.9 Å². The Balaban J connectivity index is 0.982. The first-order chi connectivity index (χ1) is 29.5. The molecular weight excluding hydrogens is 879 g/mol. The zero-order valence-electron chi connectivity index (χ0n) is 32.5. The Labute approximate surface area is 370 Å². The van der Waals surface area contributed by atoms with Crippen LogP contribution in [0.1, 0.15) is 50.7 Å². The quantitative estimate of drug-likeness (QED) is 0.115. The number of ether oxygens (including phenoxy) is 2. The topological polar surface area (TPSA) is 142 Å². The Morgan fingerprint density at radius 1 is 0.902 bits per heavy atom. The summed E-state index contributed by atoms with van der Waals surface area (Å²) in [5.41, 5.74) is 8.02. The number of benzene rings is 5. The maximum atomic E-state index is 14.2. The summed E-state index contributed by atoms with van der Waals surface area (Å²) in [6.07, 6.45) is -0.293. The molecule has 6 aromatic rings. The molecule has 1 aromatic heterocycles. The third kappa shape index (κ3) is 9.80. The molecule has 2 aliphatic heterocycles. The number of carboxylic acid groups (broad SMARTS) is 1. The van der Waals surface area contributed by atoms with E-state index in [4.69, 9.17) is 37.9 Å². The molecule has 1 unspecified atom stereocenters. The summed E-state index contributed by atoms with van der Waals surface area (Å²) < 4.78 is 13.0. The Kier molecular flexibility index (Phi) is 12.5. The second kappa shape index (κ2) is 18.3. The zero-order chi connectivity index (χ0) is 42.6. The molecule has 5 aromatic carbocycles. The van der Waals surface area contributed by atoms with Gasteiger partial charge in [-0.1, -0.05) is 89.9 Å². The van der Waals surface area contributed by atoms with Gasteiger partial charge in [0.05, 0.1) is 33.4 Å². The number of ketones is 1. The molecule has 61 heavy (non-hydrogen) atoms. The predicted octanol–water partition coefficient (Wildman–Crippen LogP) is 9.25. The molecule has 0 aliphatic carbocycles. The molecule has 0 saturated carbocycles. The average Bonchev–Trinajstić information content (AvgIpc) is 3.26. The standard InChI is InChI=1S/C48H37BrCl2N4O6/c49-45-3-1-2-37(53-45)26-55-25-36-23-44-35(22-43(56)46(61-44)33-13-15-38(16-14-33)60-27-30-8-17-39(50)40(51)18-30)20-34(36)21-42(55)47(57)54-41(48(58)59)19-28-4-9-31(10-5-28)32-11-6-29(24-52)7-12-32/h1-18,20,23,41-42,46H,19,21-22,25-27H2,(H,54,57)(H,58,59)/t41-,42-,46?/m0/s1. The molecule has 2 aliphatic rings. The van der Waals surface area contributed by atoms with Crippen LogP contribution in [0.25, 0.3) is 11.1 Å². The average molecular weight is 917 g/mol. The van der Waals surface area contributed by atoms with Crippen LogP contribution < -0.4 is 14.8 Å². The molecule has 0 fully saturated rings. The van der Waals surface area contributed by atoms with Crippen LogP contribution in [0.15, 0.2) is 126 Å². The summed E-state index contributed by atoms with van der Waals surface area (Å²) >= 11 is 15.6. The van der Waals surface area contributed by atoms with Gasteiger partial charge in [-0.15, -0.1) is 0 Å². The second-order valence-electron chi connectivity index (χ2n) is 15.0. The molecule has 10 nitrogen and oxygen atoms in total. The summed E-state index contributed by atoms with van der Waals surface area (Å²) in [5.74, 6) is -0.445. The van der Waals surface area contributed by atoms with E-state index in [1.165, 1.54) is 0 Å². The molecule has 8 rings (SSSR count). The van der Waals surface area contributed by atoms with Gasteiger partial charge >= 0.3 is 5.97 Å². The first kappa shape index (κ1) is 41.7. The van der Waals surface area contributed by atoms with E-state index in [0.29, 0.717) is 57.0 Å². The predicted molar refractivity (Wildman–Crippen MR) is 234 cm³/mol. The fraction of sp³-hybridized carbons (Fsp3) is 0.188. The van der Waals surface area contributed by atoms with Crippen molar-refractivity contribution in [3.63, 3.8) is 0 Å². The number of fused-ring (bicyclic) bond motifs is 2. The highest BCUT2D eigenvalue weighted by atomic mass is 79.9. The van der Waals surface area contributed by atoms with Crippen LogP contribution in [0.4, 0.5) is 0 Å². The molecule has 3 atom stereocenters. The van der Waals surface area contributed by atoms with E-state index in [1.807, 2.05) is 89.8 Å². The number of carbonyl (C=O) groups excluding carboxylic acids is 2. The number of hydrogen-bond acceptors (Lipinski definition) is 8. The summed E-state index contributed by atoms with van der Waals surface area (Å²) in [4.78, 5) is 47.0. The van der Waals surface area contributed by atoms with Crippen molar-refractivity contribution in [2.75, 3.05) is 0 Å². The van der Waals surface area contributed by atoms with E-state index in [1.54, 1.807) is 36.4 Å². The summed E-state index contributed by atoms with van der Waals surface area (Å²) in [5, 5.41) is 23.2. The maximum absolute atomic E-state index is 14.2. The van der Waals surface area contributed by atoms with Gasteiger partial charge in [-0.3, -0.25) is 14.5 Å². The van der Waals surface area contributed by atoms with Crippen LogP contribution in [0.2, 0.25) is 10.0 Å². The van der Waals surface area contributed by atoms with Crippen molar-refractivity contribution in [1.29, 1.82) is 5.26 Å². The first-order valence-corrected chi connectivity index (χ1v) is 21.0. The lowest BCUT2D eigenvalue weighted by molar-refractivity contribution is -0.142. The molecule has 13 heteroatoms. The van der Waals surface area contributed by atoms with Crippen LogP contribution in [-0.4, -0.2) is 44.7 Å². The van der Waals surface area contributed by atoms with Crippen molar-refractivity contribution >= 4 is 56.8 Å². The van der Waals surface area contributed by atoms with Gasteiger partial charge in [0, 0.05) is 37.1 Å². The largest absolute Gasteiger partial charge is 0.489 e. The van der Waals surface area contributed by atoms with Gasteiger partial charge < -0.3 is 19.9 Å². The van der Waals surface area contributed by atoms with Crippen molar-refractivity contribution in [2.24, 2.45) is 0 Å². The van der Waals surface area contributed by atoms with E-state index >= 15 is 0 Å². The second-order valence-corrected chi connectivity index (χ2v) is 16.7. The lowest BCUT2D eigenvalue weighted by atomic mass is 9.88. The van der Waals surface area contributed by atoms with Crippen molar-refractivity contribution in [3.8, 4) is 28.7 Å². The number of aromatic nitrogens is 1. The molecule has 0 spiro atoms. The normalized spacial score (nSPS) is 16.3. The van der Waals surface area contributed by atoms with Crippen molar-refractivity contribution < 1.29 is 29.0 Å². The number of halogens is 3. The monoisotopic (exact) mass is 914 g/mol. The van der Waals surface area contributed by atoms with Gasteiger partial charge in [-0.2, -0.15) is 5.26 Å². The number of rotatable bonds is 12. The summed E-state index contributed by atoms with van der Waals surface area (Å²) in [6, 6.07) is 37.0. The van der Waals surface area contributed by atoms with Crippen LogP contribution >= 0.6 is 39.1 Å². The Morgan fingerprint density at radius 2 is 1.62 bits per heavy atom. The summed E-state index contributed by atoms with van der Waals surface area (Å²) in [7, 11) is 0. The van der Waals surface area contributed by atoms with Gasteiger partial charge in [0.2, 0.25) is 5.91 Å².